The predicted octanol–water partition coefficient (Wildman–Crippen LogP) is 5.26. The molecule has 1 heterocycles. The summed E-state index contributed by atoms with van der Waals surface area (Å²) in [6, 6.07) is 41.8. The van der Waals surface area contributed by atoms with Gasteiger partial charge in [0.2, 0.25) is 0 Å². The fourth-order valence-electron chi connectivity index (χ4n) is 7.86. The van der Waals surface area contributed by atoms with Crippen LogP contribution in [0.4, 0.5) is 0 Å². The van der Waals surface area contributed by atoms with Crippen LogP contribution in [0.5, 0.6) is 0 Å². The number of hydrogen-bond donors (Lipinski definition) is 0. The van der Waals surface area contributed by atoms with Gasteiger partial charge in [-0.05, 0) is 70.5 Å². The van der Waals surface area contributed by atoms with Crippen LogP contribution in [-0.4, -0.2) is 6.15 Å². The average Bonchev–Trinajstić information content (AvgIpc) is 2.90. The standard InChI is InChI=1S/C36H36BP/c1-25-21-27(3)35(28(4)22-25)37(6)32-19-13-14-20-34(32)38(30-15-9-7-10-16-30,31-17-11-8-12-18-31)36-29(5)23-26(2)24-33(36)37/h7-24H,1-6H3/t37-/m1/s1. The topological polar surface area (TPSA) is 0 Å². The van der Waals surface area contributed by atoms with Crippen LogP contribution in [0.25, 0.3) is 0 Å². The van der Waals surface area contributed by atoms with Gasteiger partial charge in [-0.1, -0.05) is 101 Å². The zero-order valence-electron chi connectivity index (χ0n) is 23.4. The molecule has 5 aromatic rings. The van der Waals surface area contributed by atoms with E-state index in [9.17, 15) is 0 Å². The summed E-state index contributed by atoms with van der Waals surface area (Å²) in [7, 11) is -2.16. The van der Waals surface area contributed by atoms with E-state index in [1.165, 1.54) is 60.1 Å². The predicted molar refractivity (Wildman–Crippen MR) is 172 cm³/mol. The first-order valence-corrected chi connectivity index (χ1v) is 15.6. The van der Waals surface area contributed by atoms with Gasteiger partial charge in [0, 0.05) is 0 Å². The smallest absolute Gasteiger partial charge is 0.138 e. The van der Waals surface area contributed by atoms with Gasteiger partial charge in [0.25, 0.3) is 0 Å². The molecule has 0 bridgehead atoms. The Labute approximate surface area is 229 Å². The molecule has 0 aliphatic carbocycles. The van der Waals surface area contributed by atoms with Crippen LogP contribution < -0.4 is 37.6 Å². The zero-order valence-corrected chi connectivity index (χ0v) is 24.3. The molecule has 0 amide bonds. The van der Waals surface area contributed by atoms with Crippen molar-refractivity contribution in [1.29, 1.82) is 0 Å². The molecule has 0 saturated carbocycles. The van der Waals surface area contributed by atoms with Gasteiger partial charge in [-0.2, -0.15) is 23.2 Å². The molecule has 6 rings (SSSR count). The van der Waals surface area contributed by atoms with E-state index in [-0.39, 0.29) is 0 Å². The Hall–Kier alpha value is -3.41. The molecule has 188 valence electrons. The molecular formula is C36H36BP. The van der Waals surface area contributed by atoms with Crippen molar-refractivity contribution < 1.29 is 0 Å². The van der Waals surface area contributed by atoms with E-state index in [1.54, 1.807) is 5.30 Å². The van der Waals surface area contributed by atoms with E-state index in [1.807, 2.05) is 0 Å². The molecule has 0 radical (unpaired) electrons. The van der Waals surface area contributed by atoms with Crippen molar-refractivity contribution in [1.82, 2.24) is 0 Å². The quantitative estimate of drug-likeness (QED) is 0.230. The van der Waals surface area contributed by atoms with Gasteiger partial charge in [0.15, 0.2) is 0 Å². The molecule has 1 aliphatic rings. The summed E-state index contributed by atoms with van der Waals surface area (Å²) in [6.45, 7) is 14.0. The minimum atomic E-state index is -2.16. The molecule has 0 fully saturated rings. The largest absolute Gasteiger partial charge is 0.194 e. The van der Waals surface area contributed by atoms with E-state index in [0.29, 0.717) is 0 Å². The Kier molecular flexibility index (Phi) is 5.97. The second kappa shape index (κ2) is 9.11. The fraction of sp³-hybridized carbons (Fsp3) is 0.167. The van der Waals surface area contributed by atoms with E-state index in [2.05, 4.69) is 151 Å². The molecule has 0 nitrogen and oxygen atoms in total. The van der Waals surface area contributed by atoms with Crippen molar-refractivity contribution in [2.45, 2.75) is 41.4 Å². The lowest BCUT2D eigenvalue weighted by Crippen LogP contribution is -2.77. The molecule has 0 N–H and O–H groups in total. The minimum absolute atomic E-state index is 1.21. The van der Waals surface area contributed by atoms with E-state index in [0.717, 1.165) is 0 Å². The molecular weight excluding hydrogens is 474 g/mol. The monoisotopic (exact) mass is 510 g/mol. The second-order valence-corrected chi connectivity index (χ2v) is 14.8. The summed E-state index contributed by atoms with van der Waals surface area (Å²) in [5, 5.41) is 5.93. The minimum Gasteiger partial charge on any atom is -0.194 e. The fourth-order valence-corrected chi connectivity index (χ4v) is 13.0. The average molecular weight is 510 g/mol. The number of hydrogen-bond acceptors (Lipinski definition) is 0. The molecule has 0 saturated heterocycles. The maximum atomic E-state index is 2.55. The first-order chi connectivity index (χ1) is 18.3. The van der Waals surface area contributed by atoms with Gasteiger partial charge in [-0.25, -0.2) is 0 Å². The first kappa shape index (κ1) is 24.9. The molecule has 5 aromatic carbocycles. The van der Waals surface area contributed by atoms with Crippen LogP contribution in [0, 0.1) is 34.6 Å². The summed E-state index contributed by atoms with van der Waals surface area (Å²) in [5.41, 5.74) is 11.4. The van der Waals surface area contributed by atoms with Crippen molar-refractivity contribution in [2.24, 2.45) is 0 Å². The van der Waals surface area contributed by atoms with Crippen LogP contribution in [0.15, 0.2) is 109 Å². The molecule has 1 aliphatic heterocycles. The van der Waals surface area contributed by atoms with Crippen LogP contribution in [-0.2, 0) is 0 Å². The summed E-state index contributed by atoms with van der Waals surface area (Å²) < 4.78 is 0. The second-order valence-electron chi connectivity index (χ2n) is 11.5. The first-order valence-electron chi connectivity index (χ1n) is 13.8. The summed E-state index contributed by atoms with van der Waals surface area (Å²) in [4.78, 5) is 0. The summed E-state index contributed by atoms with van der Waals surface area (Å²) in [5.74, 6) is 0. The maximum Gasteiger partial charge on any atom is 0.138 e. The Bertz CT molecular complexity index is 1610. The third kappa shape index (κ3) is 3.42. The van der Waals surface area contributed by atoms with Crippen LogP contribution in [0.1, 0.15) is 27.8 Å². The highest BCUT2D eigenvalue weighted by Crippen LogP contribution is 2.56. The highest BCUT2D eigenvalue weighted by atomic mass is 31.2. The molecule has 0 aromatic heterocycles. The van der Waals surface area contributed by atoms with Crippen molar-refractivity contribution in [2.75, 3.05) is 0 Å². The molecule has 2 heteroatoms. The normalized spacial score (nSPS) is 17.5. The zero-order chi connectivity index (χ0) is 26.7. The van der Waals surface area contributed by atoms with Gasteiger partial charge in [-0.3, -0.25) is 0 Å². The van der Waals surface area contributed by atoms with Gasteiger partial charge in [0.1, 0.15) is 17.9 Å². The van der Waals surface area contributed by atoms with Crippen LogP contribution in [0.2, 0.25) is 6.82 Å². The van der Waals surface area contributed by atoms with Gasteiger partial charge in [0.05, 0.1) is 16.8 Å². The number of benzene rings is 5. The third-order valence-corrected chi connectivity index (χ3v) is 13.5. The summed E-state index contributed by atoms with van der Waals surface area (Å²) in [6.07, 6.45) is -1.21. The number of rotatable bonds is 3. The number of aryl methyl sites for hydroxylation is 5. The van der Waals surface area contributed by atoms with E-state index in [4.69, 9.17) is 0 Å². The Morgan fingerprint density at radius 1 is 0.500 bits per heavy atom. The molecule has 0 spiro atoms. The van der Waals surface area contributed by atoms with Crippen molar-refractivity contribution >= 4 is 51.0 Å². The van der Waals surface area contributed by atoms with Crippen molar-refractivity contribution in [3.63, 3.8) is 0 Å². The van der Waals surface area contributed by atoms with Gasteiger partial charge in [-0.15, -0.1) is 0 Å². The van der Waals surface area contributed by atoms with Crippen LogP contribution in [0.3, 0.4) is 0 Å². The molecule has 38 heavy (non-hydrogen) atoms. The molecule has 1 atom stereocenters. The van der Waals surface area contributed by atoms with E-state index >= 15 is 0 Å². The SMILES string of the molecule is Cc1cc(C)c([B@-]2(C)c3ccccc3[P+](c3ccccc3)(c3ccccc3)c3c(C)cc(C)cc32)c(C)c1. The number of fused-ring (bicyclic) bond motifs is 2. The van der Waals surface area contributed by atoms with Gasteiger partial charge >= 0.3 is 0 Å². The lowest BCUT2D eigenvalue weighted by atomic mass is 9.16. The highest BCUT2D eigenvalue weighted by molar-refractivity contribution is 8.02. The van der Waals surface area contributed by atoms with Crippen molar-refractivity contribution in [3.05, 3.63) is 137 Å². The highest BCUT2D eigenvalue weighted by Gasteiger charge is 2.55. The van der Waals surface area contributed by atoms with E-state index < -0.39 is 13.4 Å². The maximum absolute atomic E-state index is 2.55. The van der Waals surface area contributed by atoms with Crippen molar-refractivity contribution in [3.8, 4) is 0 Å². The lowest BCUT2D eigenvalue weighted by molar-refractivity contribution is 1.34. The Morgan fingerprint density at radius 2 is 0.974 bits per heavy atom. The molecule has 0 unspecified atom stereocenters. The third-order valence-electron chi connectivity index (χ3n) is 8.95. The Balaban J connectivity index is 1.88. The van der Waals surface area contributed by atoms with Gasteiger partial charge < -0.3 is 0 Å². The lowest BCUT2D eigenvalue weighted by Gasteiger charge is -2.50. The Morgan fingerprint density at radius 3 is 1.55 bits per heavy atom. The summed E-state index contributed by atoms with van der Waals surface area (Å²) >= 11 is 0. The van der Waals surface area contributed by atoms with Crippen LogP contribution >= 0.6 is 7.26 Å².